The Kier molecular flexibility index (Phi) is 6.92. The van der Waals surface area contributed by atoms with E-state index in [9.17, 15) is 9.82 Å². The van der Waals surface area contributed by atoms with E-state index in [1.165, 1.54) is 0 Å². The van der Waals surface area contributed by atoms with E-state index in [2.05, 4.69) is 10.2 Å². The van der Waals surface area contributed by atoms with Gasteiger partial charge in [0.1, 0.15) is 11.5 Å². The highest BCUT2D eigenvalue weighted by molar-refractivity contribution is 7.59. The number of carbonyl (C=O) groups is 1. The molecule has 6 nitrogen and oxygen atoms in total. The van der Waals surface area contributed by atoms with Crippen molar-refractivity contribution in [2.75, 3.05) is 19.7 Å². The maximum absolute atomic E-state index is 13.0. The van der Waals surface area contributed by atoms with Crippen LogP contribution in [0.25, 0.3) is 10.8 Å². The van der Waals surface area contributed by atoms with Crippen molar-refractivity contribution >= 4 is 42.6 Å². The molecule has 0 fully saturated rings. The summed E-state index contributed by atoms with van der Waals surface area (Å²) in [5, 5.41) is 15.2. The lowest BCUT2D eigenvalue weighted by Gasteiger charge is -2.17. The van der Waals surface area contributed by atoms with Crippen LogP contribution in [0.1, 0.15) is 17.0 Å². The molecule has 0 spiro atoms. The molecule has 4 N–H and O–H groups in total. The summed E-state index contributed by atoms with van der Waals surface area (Å²) in [6.07, 6.45) is 3.86. The summed E-state index contributed by atoms with van der Waals surface area (Å²) < 4.78 is 5.72. The van der Waals surface area contributed by atoms with Crippen molar-refractivity contribution in [3.8, 4) is 5.75 Å². The summed E-state index contributed by atoms with van der Waals surface area (Å²) in [4.78, 5) is 17.1. The van der Waals surface area contributed by atoms with Crippen molar-refractivity contribution in [1.82, 2.24) is 10.2 Å². The first-order valence-electron chi connectivity index (χ1n) is 9.39. The number of hydrogen-bond donors (Lipinski definition) is 3. The number of ketones is 1. The smallest absolute Gasteiger partial charge is 0.417 e. The van der Waals surface area contributed by atoms with Crippen LogP contribution in [0.15, 0.2) is 54.9 Å². The molecule has 2 aromatic carbocycles. The fourth-order valence-electron chi connectivity index (χ4n) is 3.61. The average molecular weight is 409 g/mol. The fraction of sp³-hybridized carbons (Fsp3) is 0.238. The lowest BCUT2D eigenvalue weighted by atomic mass is 9.73. The number of rotatable bonds is 5. The Bertz CT molecular complexity index is 1020. The van der Waals surface area contributed by atoms with Gasteiger partial charge in [0.2, 0.25) is 0 Å². The first kappa shape index (κ1) is 21.3. The van der Waals surface area contributed by atoms with Crippen LogP contribution < -0.4 is 21.2 Å². The summed E-state index contributed by atoms with van der Waals surface area (Å²) in [7, 11) is -0.773. The van der Waals surface area contributed by atoms with Gasteiger partial charge in [0, 0.05) is 42.8 Å². The Balaban J connectivity index is 0.00000240. The molecule has 0 unspecified atom stereocenters. The molecule has 2 heterocycles. The van der Waals surface area contributed by atoms with E-state index in [0.29, 0.717) is 30.8 Å². The molecule has 0 aliphatic carbocycles. The normalized spacial score (nSPS) is 14.3. The predicted molar refractivity (Wildman–Crippen MR) is 120 cm³/mol. The van der Waals surface area contributed by atoms with Gasteiger partial charge in [-0.05, 0) is 28.6 Å². The van der Waals surface area contributed by atoms with Crippen LogP contribution in [0.2, 0.25) is 0 Å². The molecule has 3 aromatic rings. The number of pyridine rings is 1. The van der Waals surface area contributed by atoms with Crippen molar-refractivity contribution in [2.24, 2.45) is 5.73 Å². The molecule has 4 rings (SSSR count). The summed E-state index contributed by atoms with van der Waals surface area (Å²) in [6.45, 7) is 1.23. The third-order valence-corrected chi connectivity index (χ3v) is 5.14. The van der Waals surface area contributed by atoms with Gasteiger partial charge in [-0.2, -0.15) is 13.5 Å². The van der Waals surface area contributed by atoms with E-state index in [-0.39, 0.29) is 25.8 Å². The molecule has 1 atom stereocenters. The standard InChI is InChI=1S/C21H22BN3O3.H2S/c23-12-18(16-3-4-19-21(11-16)28-8-7-25-22(19)27)20(26)10-14-1-2-17-13-24-6-5-15(17)9-14;/h1-6,9,11,13,18,25,27H,7-8,10,12,23H2;1H2/t18-;/m1./s1. The Labute approximate surface area is 177 Å². The number of hydrogen-bond acceptors (Lipinski definition) is 6. The zero-order valence-corrected chi connectivity index (χ0v) is 17.0. The van der Waals surface area contributed by atoms with Crippen LogP contribution in [0.3, 0.4) is 0 Å². The number of aromatic nitrogens is 1. The number of benzene rings is 2. The van der Waals surface area contributed by atoms with E-state index in [1.807, 2.05) is 42.6 Å². The second kappa shape index (κ2) is 9.41. The average Bonchev–Trinajstić information content (AvgIpc) is 2.89. The molecule has 29 heavy (non-hydrogen) atoms. The van der Waals surface area contributed by atoms with Crippen molar-refractivity contribution in [3.63, 3.8) is 0 Å². The van der Waals surface area contributed by atoms with Crippen molar-refractivity contribution < 1.29 is 14.6 Å². The first-order valence-corrected chi connectivity index (χ1v) is 9.39. The largest absolute Gasteiger partial charge is 0.493 e. The maximum Gasteiger partial charge on any atom is 0.417 e. The molecule has 0 bridgehead atoms. The molecule has 0 amide bonds. The van der Waals surface area contributed by atoms with E-state index in [4.69, 9.17) is 10.5 Å². The lowest BCUT2D eigenvalue weighted by molar-refractivity contribution is -0.119. The Morgan fingerprint density at radius 3 is 2.93 bits per heavy atom. The van der Waals surface area contributed by atoms with Gasteiger partial charge in [0.25, 0.3) is 0 Å². The van der Waals surface area contributed by atoms with E-state index < -0.39 is 13.0 Å². The molecule has 0 radical (unpaired) electrons. The fourth-order valence-corrected chi connectivity index (χ4v) is 3.61. The molecule has 8 heteroatoms. The van der Waals surface area contributed by atoms with Crippen molar-refractivity contribution in [3.05, 3.63) is 66.0 Å². The molecule has 0 saturated carbocycles. The van der Waals surface area contributed by atoms with E-state index in [1.54, 1.807) is 12.3 Å². The third-order valence-electron chi connectivity index (χ3n) is 5.14. The van der Waals surface area contributed by atoms with Gasteiger partial charge >= 0.3 is 7.05 Å². The maximum atomic E-state index is 13.0. The lowest BCUT2D eigenvalue weighted by Crippen LogP contribution is -2.44. The Morgan fingerprint density at radius 2 is 2.10 bits per heavy atom. The summed E-state index contributed by atoms with van der Waals surface area (Å²) in [6, 6.07) is 13.4. The predicted octanol–water partition coefficient (Wildman–Crippen LogP) is 0.871. The molecule has 1 aliphatic rings. The molecule has 0 saturated heterocycles. The number of nitrogens with zero attached hydrogens (tertiary/aromatic N) is 1. The number of nitrogens with one attached hydrogen (secondary N) is 1. The highest BCUT2D eigenvalue weighted by atomic mass is 32.1. The number of Topliss-reactive ketones (excluding diaryl/α,β-unsaturated/α-hetero) is 1. The minimum absolute atomic E-state index is 0. The zero-order valence-electron chi connectivity index (χ0n) is 16.0. The number of nitrogens with two attached hydrogens (primary N) is 1. The van der Waals surface area contributed by atoms with Crippen molar-refractivity contribution in [1.29, 1.82) is 0 Å². The zero-order chi connectivity index (χ0) is 19.5. The monoisotopic (exact) mass is 409 g/mol. The molecular formula is C21H24BN3O3S. The topological polar surface area (TPSA) is 97.5 Å². The van der Waals surface area contributed by atoms with Gasteiger partial charge in [0.05, 0.1) is 12.5 Å². The first-order chi connectivity index (χ1) is 13.7. The summed E-state index contributed by atoms with van der Waals surface area (Å²) >= 11 is 0. The van der Waals surface area contributed by atoms with Gasteiger partial charge in [-0.3, -0.25) is 9.78 Å². The van der Waals surface area contributed by atoms with Gasteiger partial charge in [0.15, 0.2) is 0 Å². The molecule has 150 valence electrons. The highest BCUT2D eigenvalue weighted by Gasteiger charge is 2.25. The van der Waals surface area contributed by atoms with Gasteiger partial charge < -0.3 is 20.7 Å². The Hall–Kier alpha value is -2.39. The summed E-state index contributed by atoms with van der Waals surface area (Å²) in [5.41, 5.74) is 8.39. The quantitative estimate of drug-likeness (QED) is 0.541. The Morgan fingerprint density at radius 1 is 1.24 bits per heavy atom. The highest BCUT2D eigenvalue weighted by Crippen LogP contribution is 2.23. The second-order valence-electron chi connectivity index (χ2n) is 6.99. The molecule has 1 aromatic heterocycles. The minimum atomic E-state index is -0.773. The van der Waals surface area contributed by atoms with Crippen LogP contribution >= 0.6 is 13.5 Å². The number of fused-ring (bicyclic) bond motifs is 2. The van der Waals surface area contributed by atoms with Crippen LogP contribution in [0, 0.1) is 0 Å². The molecular weight excluding hydrogens is 385 g/mol. The van der Waals surface area contributed by atoms with E-state index >= 15 is 0 Å². The van der Waals surface area contributed by atoms with Crippen molar-refractivity contribution in [2.45, 2.75) is 12.3 Å². The van der Waals surface area contributed by atoms with Crippen LogP contribution in [-0.2, 0) is 11.2 Å². The third kappa shape index (κ3) is 4.62. The van der Waals surface area contributed by atoms with Crippen LogP contribution in [-0.4, -0.2) is 42.5 Å². The van der Waals surface area contributed by atoms with E-state index in [0.717, 1.165) is 21.9 Å². The number of carbonyl (C=O) groups excluding carboxylic acids is 1. The van der Waals surface area contributed by atoms with Crippen LogP contribution in [0.4, 0.5) is 0 Å². The second-order valence-corrected chi connectivity index (χ2v) is 6.99. The number of ether oxygens (including phenoxy) is 1. The van der Waals surface area contributed by atoms with Gasteiger partial charge in [-0.25, -0.2) is 0 Å². The van der Waals surface area contributed by atoms with Gasteiger partial charge in [-0.15, -0.1) is 0 Å². The van der Waals surface area contributed by atoms with Crippen LogP contribution in [0.5, 0.6) is 5.75 Å². The summed E-state index contributed by atoms with van der Waals surface area (Å²) in [5.74, 6) is 0.234. The van der Waals surface area contributed by atoms with Gasteiger partial charge in [-0.1, -0.05) is 30.3 Å². The molecule has 1 aliphatic heterocycles. The minimum Gasteiger partial charge on any atom is -0.493 e. The SMILES string of the molecule is NC[C@@H](C(=O)Cc1ccc2cnccc2c1)c1ccc2c(c1)OCCNB2O.S.